The predicted octanol–water partition coefficient (Wildman–Crippen LogP) is 3.81. The standard InChI is InChI=1S/C18H34N2/c1-4-18(2,3)14-7-9-15(10-8-14)19-16-11-13-20-12-5-6-17(16)20/h14-17,19H,4-13H2,1-3H3. The first-order valence-corrected chi connectivity index (χ1v) is 9.10. The monoisotopic (exact) mass is 278 g/mol. The van der Waals surface area contributed by atoms with E-state index >= 15 is 0 Å². The van der Waals surface area contributed by atoms with Gasteiger partial charge in [-0.2, -0.15) is 0 Å². The molecule has 1 N–H and O–H groups in total. The molecule has 0 radical (unpaired) electrons. The zero-order valence-corrected chi connectivity index (χ0v) is 13.8. The van der Waals surface area contributed by atoms with Gasteiger partial charge in [-0.05, 0) is 62.8 Å². The van der Waals surface area contributed by atoms with E-state index in [4.69, 9.17) is 0 Å². The van der Waals surface area contributed by atoms with Crippen molar-refractivity contribution in [3.63, 3.8) is 0 Å². The molecule has 0 aromatic rings. The summed E-state index contributed by atoms with van der Waals surface area (Å²) in [7, 11) is 0. The minimum absolute atomic E-state index is 0.556. The Labute approximate surface area is 125 Å². The van der Waals surface area contributed by atoms with Gasteiger partial charge in [-0.3, -0.25) is 4.90 Å². The van der Waals surface area contributed by atoms with Crippen molar-refractivity contribution < 1.29 is 0 Å². The minimum Gasteiger partial charge on any atom is -0.310 e. The molecule has 0 amide bonds. The van der Waals surface area contributed by atoms with Crippen LogP contribution < -0.4 is 5.32 Å². The van der Waals surface area contributed by atoms with Crippen molar-refractivity contribution in [2.45, 2.75) is 90.3 Å². The molecule has 0 aromatic heterocycles. The molecule has 2 heterocycles. The molecule has 1 aliphatic carbocycles. The average molecular weight is 278 g/mol. The summed E-state index contributed by atoms with van der Waals surface area (Å²) in [5.41, 5.74) is 0.556. The van der Waals surface area contributed by atoms with Gasteiger partial charge in [-0.15, -0.1) is 0 Å². The number of nitrogens with one attached hydrogen (secondary N) is 1. The van der Waals surface area contributed by atoms with E-state index in [1.807, 2.05) is 0 Å². The lowest BCUT2D eigenvalue weighted by Gasteiger charge is -2.40. The lowest BCUT2D eigenvalue weighted by atomic mass is 9.69. The van der Waals surface area contributed by atoms with Crippen LogP contribution in [0.25, 0.3) is 0 Å². The van der Waals surface area contributed by atoms with Crippen LogP contribution in [0.4, 0.5) is 0 Å². The van der Waals surface area contributed by atoms with Crippen molar-refractivity contribution in [1.29, 1.82) is 0 Å². The summed E-state index contributed by atoms with van der Waals surface area (Å²) in [6.45, 7) is 10.0. The molecule has 2 atom stereocenters. The normalized spacial score (nSPS) is 39.1. The summed E-state index contributed by atoms with van der Waals surface area (Å²) in [6, 6.07) is 2.49. The van der Waals surface area contributed by atoms with Crippen LogP contribution in [0.1, 0.15) is 72.1 Å². The van der Waals surface area contributed by atoms with Crippen molar-refractivity contribution >= 4 is 0 Å². The Hall–Kier alpha value is -0.0800. The van der Waals surface area contributed by atoms with E-state index in [0.29, 0.717) is 5.41 Å². The fourth-order valence-electron chi connectivity index (χ4n) is 4.91. The maximum absolute atomic E-state index is 4.04. The second-order valence-corrected chi connectivity index (χ2v) is 8.20. The molecule has 2 heteroatoms. The highest BCUT2D eigenvalue weighted by Crippen LogP contribution is 2.40. The Morgan fingerprint density at radius 3 is 2.45 bits per heavy atom. The molecule has 3 rings (SSSR count). The second-order valence-electron chi connectivity index (χ2n) is 8.20. The van der Waals surface area contributed by atoms with Crippen LogP contribution in [0.2, 0.25) is 0 Å². The third-order valence-electron chi connectivity index (χ3n) is 6.80. The summed E-state index contributed by atoms with van der Waals surface area (Å²) in [5.74, 6) is 0.956. The summed E-state index contributed by atoms with van der Waals surface area (Å²) < 4.78 is 0. The fourth-order valence-corrected chi connectivity index (χ4v) is 4.91. The molecule has 1 saturated carbocycles. The number of hydrogen-bond donors (Lipinski definition) is 1. The summed E-state index contributed by atoms with van der Waals surface area (Å²) in [5, 5.41) is 4.04. The first-order chi connectivity index (χ1) is 9.60. The summed E-state index contributed by atoms with van der Waals surface area (Å²) in [4.78, 5) is 2.73. The topological polar surface area (TPSA) is 15.3 Å². The molecular weight excluding hydrogens is 244 g/mol. The van der Waals surface area contributed by atoms with Gasteiger partial charge in [0.15, 0.2) is 0 Å². The van der Waals surface area contributed by atoms with E-state index in [1.54, 1.807) is 0 Å². The van der Waals surface area contributed by atoms with E-state index in [9.17, 15) is 0 Å². The number of fused-ring (bicyclic) bond motifs is 1. The van der Waals surface area contributed by atoms with Gasteiger partial charge in [0.05, 0.1) is 0 Å². The van der Waals surface area contributed by atoms with Crippen molar-refractivity contribution in [2.75, 3.05) is 13.1 Å². The Morgan fingerprint density at radius 1 is 1.00 bits per heavy atom. The van der Waals surface area contributed by atoms with Gasteiger partial charge in [0.1, 0.15) is 0 Å². The van der Waals surface area contributed by atoms with Gasteiger partial charge in [0.25, 0.3) is 0 Å². The highest BCUT2D eigenvalue weighted by molar-refractivity contribution is 4.97. The van der Waals surface area contributed by atoms with Gasteiger partial charge in [0.2, 0.25) is 0 Å². The Balaban J connectivity index is 1.47. The Morgan fingerprint density at radius 2 is 1.75 bits per heavy atom. The number of hydrogen-bond acceptors (Lipinski definition) is 2. The third-order valence-corrected chi connectivity index (χ3v) is 6.80. The van der Waals surface area contributed by atoms with E-state index in [1.165, 1.54) is 64.5 Å². The molecule has 2 unspecified atom stereocenters. The van der Waals surface area contributed by atoms with Crippen LogP contribution >= 0.6 is 0 Å². The lowest BCUT2D eigenvalue weighted by Crippen LogP contribution is -2.46. The highest BCUT2D eigenvalue weighted by Gasteiger charge is 2.39. The first kappa shape index (κ1) is 14.8. The molecule has 2 saturated heterocycles. The van der Waals surface area contributed by atoms with Gasteiger partial charge >= 0.3 is 0 Å². The molecule has 3 aliphatic rings. The molecule has 2 aliphatic heterocycles. The zero-order valence-electron chi connectivity index (χ0n) is 13.8. The van der Waals surface area contributed by atoms with Crippen LogP contribution in [0, 0.1) is 11.3 Å². The lowest BCUT2D eigenvalue weighted by molar-refractivity contribution is 0.132. The van der Waals surface area contributed by atoms with Crippen molar-refractivity contribution in [3.05, 3.63) is 0 Å². The Kier molecular flexibility index (Phi) is 4.42. The van der Waals surface area contributed by atoms with Crippen LogP contribution in [0.3, 0.4) is 0 Å². The van der Waals surface area contributed by atoms with Crippen LogP contribution in [0.5, 0.6) is 0 Å². The second kappa shape index (κ2) is 5.96. The van der Waals surface area contributed by atoms with Crippen LogP contribution in [-0.4, -0.2) is 36.1 Å². The fraction of sp³-hybridized carbons (Fsp3) is 1.00. The van der Waals surface area contributed by atoms with Crippen molar-refractivity contribution in [1.82, 2.24) is 10.2 Å². The quantitative estimate of drug-likeness (QED) is 0.841. The summed E-state index contributed by atoms with van der Waals surface area (Å²) >= 11 is 0. The third kappa shape index (κ3) is 2.92. The summed E-state index contributed by atoms with van der Waals surface area (Å²) in [6.07, 6.45) is 11.3. The SMILES string of the molecule is CCC(C)(C)C1CCC(NC2CCN3CCCC23)CC1. The molecule has 3 fully saturated rings. The molecule has 0 aromatic carbocycles. The van der Waals surface area contributed by atoms with Gasteiger partial charge < -0.3 is 5.32 Å². The van der Waals surface area contributed by atoms with E-state index < -0.39 is 0 Å². The Bertz CT molecular complexity index is 317. The van der Waals surface area contributed by atoms with E-state index in [0.717, 1.165) is 24.0 Å². The molecule has 2 nitrogen and oxygen atoms in total. The predicted molar refractivity (Wildman–Crippen MR) is 86.0 cm³/mol. The van der Waals surface area contributed by atoms with E-state index in [-0.39, 0.29) is 0 Å². The van der Waals surface area contributed by atoms with Gasteiger partial charge in [-0.1, -0.05) is 27.2 Å². The molecular formula is C18H34N2. The van der Waals surface area contributed by atoms with Crippen molar-refractivity contribution in [2.24, 2.45) is 11.3 Å². The highest BCUT2D eigenvalue weighted by atomic mass is 15.2. The molecule has 0 spiro atoms. The van der Waals surface area contributed by atoms with Gasteiger partial charge in [0, 0.05) is 24.7 Å². The average Bonchev–Trinajstić information content (AvgIpc) is 3.04. The number of nitrogens with zero attached hydrogens (tertiary/aromatic N) is 1. The van der Waals surface area contributed by atoms with E-state index in [2.05, 4.69) is 31.0 Å². The molecule has 116 valence electrons. The van der Waals surface area contributed by atoms with Crippen molar-refractivity contribution in [3.8, 4) is 0 Å². The van der Waals surface area contributed by atoms with Gasteiger partial charge in [-0.25, -0.2) is 0 Å². The maximum Gasteiger partial charge on any atom is 0.0250 e. The molecule has 0 bridgehead atoms. The maximum atomic E-state index is 4.04. The zero-order chi connectivity index (χ0) is 14.2. The number of rotatable bonds is 4. The van der Waals surface area contributed by atoms with Crippen LogP contribution in [-0.2, 0) is 0 Å². The van der Waals surface area contributed by atoms with Crippen LogP contribution in [0.15, 0.2) is 0 Å². The first-order valence-electron chi connectivity index (χ1n) is 9.10. The minimum atomic E-state index is 0.556. The molecule has 20 heavy (non-hydrogen) atoms. The largest absolute Gasteiger partial charge is 0.310 e. The smallest absolute Gasteiger partial charge is 0.0250 e.